The Balaban J connectivity index is 2.51. The van der Waals surface area contributed by atoms with Gasteiger partial charge in [0.05, 0.1) is 6.10 Å². The van der Waals surface area contributed by atoms with Crippen molar-refractivity contribution in [2.24, 2.45) is 17.3 Å². The molecule has 100 valence electrons. The molecule has 0 bridgehead atoms. The van der Waals surface area contributed by atoms with Crippen molar-refractivity contribution in [1.29, 1.82) is 0 Å². The Morgan fingerprint density at radius 3 is 2.41 bits per heavy atom. The molecule has 0 aromatic rings. The molecular formula is C16H30O. The number of allylic oxidation sites excluding steroid dienone is 1. The summed E-state index contributed by atoms with van der Waals surface area (Å²) in [5.74, 6) is 1.68. The minimum Gasteiger partial charge on any atom is -0.393 e. The van der Waals surface area contributed by atoms with E-state index in [0.29, 0.717) is 0 Å². The lowest BCUT2D eigenvalue weighted by Gasteiger charge is -2.33. The van der Waals surface area contributed by atoms with E-state index in [4.69, 9.17) is 0 Å². The Bertz CT molecular complexity index is 230. The Morgan fingerprint density at radius 1 is 1.35 bits per heavy atom. The van der Waals surface area contributed by atoms with Crippen LogP contribution < -0.4 is 0 Å². The van der Waals surface area contributed by atoms with E-state index in [1.165, 1.54) is 32.1 Å². The van der Waals surface area contributed by atoms with Gasteiger partial charge in [0.2, 0.25) is 0 Å². The van der Waals surface area contributed by atoms with Crippen LogP contribution in [0.25, 0.3) is 0 Å². The Hall–Kier alpha value is -0.300. The van der Waals surface area contributed by atoms with E-state index in [9.17, 15) is 5.11 Å². The molecule has 1 rings (SSSR count). The van der Waals surface area contributed by atoms with E-state index in [1.54, 1.807) is 0 Å². The fourth-order valence-electron chi connectivity index (χ4n) is 3.36. The zero-order chi connectivity index (χ0) is 12.9. The molecule has 0 aromatic heterocycles. The number of hydrogen-bond donors (Lipinski definition) is 1. The van der Waals surface area contributed by atoms with Crippen molar-refractivity contribution in [1.82, 2.24) is 0 Å². The molecule has 17 heavy (non-hydrogen) atoms. The topological polar surface area (TPSA) is 20.2 Å². The third-order valence-electron chi connectivity index (χ3n) is 4.66. The lowest BCUT2D eigenvalue weighted by molar-refractivity contribution is 0.105. The molecule has 1 N–H and O–H groups in total. The number of rotatable bonds is 7. The summed E-state index contributed by atoms with van der Waals surface area (Å²) < 4.78 is 0. The summed E-state index contributed by atoms with van der Waals surface area (Å²) >= 11 is 0. The van der Waals surface area contributed by atoms with Crippen LogP contribution in [0.5, 0.6) is 0 Å². The maximum atomic E-state index is 9.86. The van der Waals surface area contributed by atoms with Crippen molar-refractivity contribution in [3.8, 4) is 0 Å². The first kappa shape index (κ1) is 14.8. The second-order valence-corrected chi connectivity index (χ2v) is 6.35. The van der Waals surface area contributed by atoms with Crippen LogP contribution in [0.3, 0.4) is 0 Å². The first-order chi connectivity index (χ1) is 8.00. The van der Waals surface area contributed by atoms with Crippen molar-refractivity contribution in [3.63, 3.8) is 0 Å². The Labute approximate surface area is 107 Å². The van der Waals surface area contributed by atoms with Crippen LogP contribution in [0.4, 0.5) is 0 Å². The van der Waals surface area contributed by atoms with Gasteiger partial charge in [0.1, 0.15) is 0 Å². The number of aliphatic hydroxyl groups excluding tert-OH is 1. The maximum Gasteiger partial charge on any atom is 0.0545 e. The predicted molar refractivity (Wildman–Crippen MR) is 75.0 cm³/mol. The van der Waals surface area contributed by atoms with Gasteiger partial charge in [0.25, 0.3) is 0 Å². The molecule has 0 unspecified atom stereocenters. The molecule has 0 saturated heterocycles. The third kappa shape index (κ3) is 4.46. The van der Waals surface area contributed by atoms with Gasteiger partial charge < -0.3 is 5.11 Å². The molecule has 3 atom stereocenters. The molecule has 0 radical (unpaired) electrons. The van der Waals surface area contributed by atoms with Crippen LogP contribution in [0.2, 0.25) is 0 Å². The van der Waals surface area contributed by atoms with Crippen LogP contribution in [0, 0.1) is 17.3 Å². The Kier molecular flexibility index (Phi) is 5.72. The molecule has 1 nitrogen and oxygen atoms in total. The fourth-order valence-corrected chi connectivity index (χ4v) is 3.36. The first-order valence-electron chi connectivity index (χ1n) is 7.32. The molecule has 1 fully saturated rings. The van der Waals surface area contributed by atoms with Gasteiger partial charge in [-0.2, -0.15) is 0 Å². The summed E-state index contributed by atoms with van der Waals surface area (Å²) in [4.78, 5) is 0. The highest BCUT2D eigenvalue weighted by Crippen LogP contribution is 2.40. The van der Waals surface area contributed by atoms with Crippen molar-refractivity contribution < 1.29 is 5.11 Å². The molecule has 0 amide bonds. The van der Waals surface area contributed by atoms with Gasteiger partial charge in [-0.25, -0.2) is 0 Å². The van der Waals surface area contributed by atoms with E-state index < -0.39 is 0 Å². The summed E-state index contributed by atoms with van der Waals surface area (Å²) in [7, 11) is 0. The second kappa shape index (κ2) is 6.58. The maximum absolute atomic E-state index is 9.86. The SMILES string of the molecule is C=C[C@](C)(C[C@@H](O)CC)C[C@H](C)C1CCCC1. The van der Waals surface area contributed by atoms with Gasteiger partial charge >= 0.3 is 0 Å². The molecule has 1 aliphatic rings. The summed E-state index contributed by atoms with van der Waals surface area (Å²) in [6.45, 7) is 10.7. The highest BCUT2D eigenvalue weighted by Gasteiger charge is 2.30. The van der Waals surface area contributed by atoms with Gasteiger partial charge in [-0.05, 0) is 36.5 Å². The van der Waals surface area contributed by atoms with Gasteiger partial charge in [-0.15, -0.1) is 6.58 Å². The lowest BCUT2D eigenvalue weighted by Crippen LogP contribution is -2.25. The standard InChI is InChI=1S/C16H30O/c1-5-15(17)12-16(4,6-2)11-13(3)14-9-7-8-10-14/h6,13-15,17H,2,5,7-12H2,1,3-4H3/t13-,15-,16-/m0/s1. The minimum absolute atomic E-state index is 0.109. The first-order valence-corrected chi connectivity index (χ1v) is 7.32. The van der Waals surface area contributed by atoms with E-state index in [-0.39, 0.29) is 11.5 Å². The van der Waals surface area contributed by atoms with Gasteiger partial charge in [0, 0.05) is 0 Å². The number of hydrogen-bond acceptors (Lipinski definition) is 1. The smallest absolute Gasteiger partial charge is 0.0545 e. The van der Waals surface area contributed by atoms with Crippen LogP contribution in [-0.2, 0) is 0 Å². The van der Waals surface area contributed by atoms with Crippen LogP contribution in [0.15, 0.2) is 12.7 Å². The summed E-state index contributed by atoms with van der Waals surface area (Å²) in [5.41, 5.74) is 0.109. The molecule has 0 aromatic carbocycles. The van der Waals surface area contributed by atoms with Gasteiger partial charge in [-0.1, -0.05) is 52.5 Å². The lowest BCUT2D eigenvalue weighted by atomic mass is 9.73. The Morgan fingerprint density at radius 2 is 1.94 bits per heavy atom. The monoisotopic (exact) mass is 238 g/mol. The van der Waals surface area contributed by atoms with Gasteiger partial charge in [0.15, 0.2) is 0 Å². The summed E-state index contributed by atoms with van der Waals surface area (Å²) in [6, 6.07) is 0. The van der Waals surface area contributed by atoms with Crippen molar-refractivity contribution in [3.05, 3.63) is 12.7 Å². The van der Waals surface area contributed by atoms with Crippen molar-refractivity contribution in [2.45, 2.75) is 71.8 Å². The molecule has 0 spiro atoms. The zero-order valence-electron chi connectivity index (χ0n) is 11.9. The van der Waals surface area contributed by atoms with Crippen LogP contribution >= 0.6 is 0 Å². The third-order valence-corrected chi connectivity index (χ3v) is 4.66. The van der Waals surface area contributed by atoms with E-state index in [0.717, 1.165) is 24.7 Å². The van der Waals surface area contributed by atoms with Crippen LogP contribution in [-0.4, -0.2) is 11.2 Å². The second-order valence-electron chi connectivity index (χ2n) is 6.35. The van der Waals surface area contributed by atoms with E-state index in [1.807, 2.05) is 0 Å². The van der Waals surface area contributed by atoms with Gasteiger partial charge in [-0.3, -0.25) is 0 Å². The van der Waals surface area contributed by atoms with Crippen molar-refractivity contribution in [2.75, 3.05) is 0 Å². The predicted octanol–water partition coefficient (Wildman–Crippen LogP) is 4.56. The van der Waals surface area contributed by atoms with E-state index in [2.05, 4.69) is 33.4 Å². The quantitative estimate of drug-likeness (QED) is 0.645. The summed E-state index contributed by atoms with van der Waals surface area (Å²) in [6.07, 6.45) is 10.4. The average molecular weight is 238 g/mol. The molecule has 1 aliphatic carbocycles. The van der Waals surface area contributed by atoms with E-state index >= 15 is 0 Å². The molecule has 0 heterocycles. The molecule has 1 saturated carbocycles. The number of aliphatic hydroxyl groups is 1. The largest absolute Gasteiger partial charge is 0.393 e. The normalized spacial score (nSPS) is 24.2. The van der Waals surface area contributed by atoms with Crippen LogP contribution in [0.1, 0.15) is 65.7 Å². The zero-order valence-corrected chi connectivity index (χ0v) is 11.9. The average Bonchev–Trinajstić information content (AvgIpc) is 2.82. The fraction of sp³-hybridized carbons (Fsp3) is 0.875. The summed E-state index contributed by atoms with van der Waals surface area (Å²) in [5, 5.41) is 9.86. The molecular weight excluding hydrogens is 208 g/mol. The van der Waals surface area contributed by atoms with Crippen molar-refractivity contribution >= 4 is 0 Å². The molecule has 1 heteroatoms. The minimum atomic E-state index is -0.172. The highest BCUT2D eigenvalue weighted by atomic mass is 16.3. The molecule has 0 aliphatic heterocycles. The highest BCUT2D eigenvalue weighted by molar-refractivity contribution is 4.94.